The molecular weight excluding hydrogens is 194 g/mol. The van der Waals surface area contributed by atoms with Gasteiger partial charge in [0, 0.05) is 19.4 Å². The molecule has 7 nitrogen and oxygen atoms in total. The third-order valence-electron chi connectivity index (χ3n) is 2.09. The number of hydrazine groups is 1. The molecule has 0 fully saturated rings. The number of aryl methyl sites for hydroxylation is 1. The highest BCUT2D eigenvalue weighted by atomic mass is 15.4. The normalized spacial score (nSPS) is 12.7. The van der Waals surface area contributed by atoms with Crippen LogP contribution in [-0.2, 0) is 7.05 Å². The van der Waals surface area contributed by atoms with E-state index in [-0.39, 0.29) is 6.04 Å². The Morgan fingerprint density at radius 2 is 2.27 bits per heavy atom. The lowest BCUT2D eigenvalue weighted by Crippen LogP contribution is -2.31. The summed E-state index contributed by atoms with van der Waals surface area (Å²) in [6, 6.07) is -0.251. The topological polar surface area (TPSA) is 94.5 Å². The Kier molecular flexibility index (Phi) is 2.66. The predicted molar refractivity (Wildman–Crippen MR) is 52.2 cm³/mol. The zero-order valence-electron chi connectivity index (χ0n) is 8.20. The molecule has 2 rings (SSSR count). The lowest BCUT2D eigenvalue weighted by Gasteiger charge is -2.13. The van der Waals surface area contributed by atoms with Gasteiger partial charge in [-0.2, -0.15) is 0 Å². The van der Waals surface area contributed by atoms with E-state index in [0.29, 0.717) is 0 Å². The maximum Gasteiger partial charge on any atom is 0.108 e. The molecule has 78 valence electrons. The number of aromatic nitrogens is 5. The second kappa shape index (κ2) is 4.11. The minimum atomic E-state index is -0.251. The van der Waals surface area contributed by atoms with Gasteiger partial charge in [-0.1, -0.05) is 5.21 Å². The predicted octanol–water partition coefficient (Wildman–Crippen LogP) is -0.842. The van der Waals surface area contributed by atoms with Crippen molar-refractivity contribution in [2.24, 2.45) is 12.9 Å². The van der Waals surface area contributed by atoms with Crippen LogP contribution >= 0.6 is 0 Å². The fourth-order valence-electron chi connectivity index (χ4n) is 1.34. The number of nitrogens with one attached hydrogen (secondary N) is 1. The third kappa shape index (κ3) is 1.83. The zero-order valence-corrected chi connectivity index (χ0v) is 8.20. The summed E-state index contributed by atoms with van der Waals surface area (Å²) >= 11 is 0. The van der Waals surface area contributed by atoms with Gasteiger partial charge >= 0.3 is 0 Å². The van der Waals surface area contributed by atoms with Gasteiger partial charge < -0.3 is 0 Å². The van der Waals surface area contributed by atoms with Gasteiger partial charge in [0.1, 0.15) is 6.04 Å². The van der Waals surface area contributed by atoms with Crippen LogP contribution in [0.25, 0.3) is 0 Å². The first-order valence-corrected chi connectivity index (χ1v) is 4.39. The Morgan fingerprint density at radius 3 is 2.80 bits per heavy atom. The second-order valence-corrected chi connectivity index (χ2v) is 3.01. The first-order chi connectivity index (χ1) is 7.33. The molecule has 0 aliphatic heterocycles. The Bertz CT molecular complexity index is 424. The highest BCUT2D eigenvalue weighted by Crippen LogP contribution is 2.16. The van der Waals surface area contributed by atoms with Crippen LogP contribution in [0.2, 0.25) is 0 Å². The molecule has 7 heteroatoms. The third-order valence-corrected chi connectivity index (χ3v) is 2.09. The van der Waals surface area contributed by atoms with Gasteiger partial charge in [-0.05, 0) is 0 Å². The maximum absolute atomic E-state index is 5.48. The first kappa shape index (κ1) is 9.69. The van der Waals surface area contributed by atoms with E-state index in [9.17, 15) is 0 Å². The van der Waals surface area contributed by atoms with Crippen molar-refractivity contribution in [3.8, 4) is 0 Å². The van der Waals surface area contributed by atoms with E-state index < -0.39 is 0 Å². The number of nitrogens with zero attached hydrogens (tertiary/aromatic N) is 5. The van der Waals surface area contributed by atoms with Crippen molar-refractivity contribution < 1.29 is 0 Å². The summed E-state index contributed by atoms with van der Waals surface area (Å²) < 4.78 is 1.64. The Balaban J connectivity index is 2.37. The summed E-state index contributed by atoms with van der Waals surface area (Å²) in [7, 11) is 1.79. The average molecular weight is 205 g/mol. The summed E-state index contributed by atoms with van der Waals surface area (Å²) in [5.74, 6) is 5.48. The monoisotopic (exact) mass is 205 g/mol. The van der Waals surface area contributed by atoms with Crippen LogP contribution in [0.5, 0.6) is 0 Å². The molecule has 2 aromatic rings. The molecule has 0 aromatic carbocycles. The molecule has 1 unspecified atom stereocenters. The number of rotatable bonds is 3. The first-order valence-electron chi connectivity index (χ1n) is 4.39. The van der Waals surface area contributed by atoms with E-state index in [0.717, 1.165) is 11.4 Å². The molecule has 0 bridgehead atoms. The molecule has 0 radical (unpaired) electrons. The highest BCUT2D eigenvalue weighted by molar-refractivity contribution is 5.16. The van der Waals surface area contributed by atoms with E-state index in [4.69, 9.17) is 5.84 Å². The lowest BCUT2D eigenvalue weighted by atomic mass is 10.1. The fourth-order valence-corrected chi connectivity index (χ4v) is 1.34. The van der Waals surface area contributed by atoms with Crippen LogP contribution in [0.1, 0.15) is 17.4 Å². The average Bonchev–Trinajstić information content (AvgIpc) is 2.68. The molecule has 0 amide bonds. The summed E-state index contributed by atoms with van der Waals surface area (Å²) in [6.07, 6.45) is 6.51. The van der Waals surface area contributed by atoms with Gasteiger partial charge in [-0.3, -0.25) is 20.5 Å². The van der Waals surface area contributed by atoms with Crippen LogP contribution in [-0.4, -0.2) is 25.0 Å². The van der Waals surface area contributed by atoms with Crippen molar-refractivity contribution in [3.05, 3.63) is 36.2 Å². The lowest BCUT2D eigenvalue weighted by molar-refractivity contribution is 0.558. The molecule has 0 aliphatic carbocycles. The quantitative estimate of drug-likeness (QED) is 0.501. The van der Waals surface area contributed by atoms with Crippen LogP contribution < -0.4 is 11.3 Å². The van der Waals surface area contributed by atoms with Crippen LogP contribution in [0.15, 0.2) is 24.8 Å². The van der Waals surface area contributed by atoms with Gasteiger partial charge in [0.05, 0.1) is 23.8 Å². The van der Waals surface area contributed by atoms with E-state index in [1.807, 2.05) is 0 Å². The van der Waals surface area contributed by atoms with Gasteiger partial charge in [0.2, 0.25) is 0 Å². The van der Waals surface area contributed by atoms with E-state index in [1.54, 1.807) is 36.5 Å². The number of nitrogens with two attached hydrogens (primary N) is 1. The van der Waals surface area contributed by atoms with Crippen molar-refractivity contribution in [1.29, 1.82) is 0 Å². The van der Waals surface area contributed by atoms with Gasteiger partial charge in [-0.25, -0.2) is 5.43 Å². The largest absolute Gasteiger partial charge is 0.270 e. The van der Waals surface area contributed by atoms with Crippen LogP contribution in [0.3, 0.4) is 0 Å². The molecule has 3 N–H and O–H groups in total. The van der Waals surface area contributed by atoms with Gasteiger partial charge in [0.25, 0.3) is 0 Å². The maximum atomic E-state index is 5.48. The molecule has 2 aromatic heterocycles. The Hall–Kier alpha value is -1.86. The fraction of sp³-hybridized carbons (Fsp3) is 0.250. The van der Waals surface area contributed by atoms with E-state index >= 15 is 0 Å². The standard InChI is InChI=1S/C8H11N7/c1-15-7(5-12-14-15)8(13-9)6-4-10-2-3-11-6/h2-5,8,13H,9H2,1H3. The Morgan fingerprint density at radius 1 is 1.40 bits per heavy atom. The molecule has 0 spiro atoms. The van der Waals surface area contributed by atoms with Crippen LogP contribution in [0, 0.1) is 0 Å². The van der Waals surface area contributed by atoms with Crippen molar-refractivity contribution >= 4 is 0 Å². The molecule has 0 saturated heterocycles. The van der Waals surface area contributed by atoms with Crippen molar-refractivity contribution in [2.75, 3.05) is 0 Å². The second-order valence-electron chi connectivity index (χ2n) is 3.01. The smallest absolute Gasteiger partial charge is 0.108 e. The van der Waals surface area contributed by atoms with Gasteiger partial charge in [-0.15, -0.1) is 5.10 Å². The van der Waals surface area contributed by atoms with Crippen molar-refractivity contribution in [3.63, 3.8) is 0 Å². The van der Waals surface area contributed by atoms with Crippen LogP contribution in [0.4, 0.5) is 0 Å². The summed E-state index contributed by atoms with van der Waals surface area (Å²) in [6.45, 7) is 0. The zero-order chi connectivity index (χ0) is 10.7. The summed E-state index contributed by atoms with van der Waals surface area (Å²) in [4.78, 5) is 8.16. The molecule has 2 heterocycles. The van der Waals surface area contributed by atoms with E-state index in [1.165, 1.54) is 0 Å². The summed E-state index contributed by atoms with van der Waals surface area (Å²) in [5.41, 5.74) is 4.22. The molecule has 0 saturated carbocycles. The molecular formula is C8H11N7. The molecule has 1 atom stereocenters. The number of hydrogen-bond donors (Lipinski definition) is 2. The minimum absolute atomic E-state index is 0.251. The van der Waals surface area contributed by atoms with Crippen molar-refractivity contribution in [2.45, 2.75) is 6.04 Å². The van der Waals surface area contributed by atoms with Gasteiger partial charge in [0.15, 0.2) is 0 Å². The highest BCUT2D eigenvalue weighted by Gasteiger charge is 2.17. The van der Waals surface area contributed by atoms with Crippen molar-refractivity contribution in [1.82, 2.24) is 30.4 Å². The molecule has 15 heavy (non-hydrogen) atoms. The molecule has 0 aliphatic rings. The minimum Gasteiger partial charge on any atom is -0.270 e. The SMILES string of the molecule is Cn1nncc1C(NN)c1cnccn1. The number of hydrogen-bond acceptors (Lipinski definition) is 6. The Labute approximate surface area is 86.3 Å². The van der Waals surface area contributed by atoms with E-state index in [2.05, 4.69) is 25.7 Å². The summed E-state index contributed by atoms with van der Waals surface area (Å²) in [5, 5.41) is 7.62.